The van der Waals surface area contributed by atoms with Gasteiger partial charge in [-0.1, -0.05) is 36.4 Å². The van der Waals surface area contributed by atoms with Crippen molar-refractivity contribution in [1.29, 1.82) is 0 Å². The van der Waals surface area contributed by atoms with Crippen molar-refractivity contribution in [2.45, 2.75) is 25.3 Å². The maximum atomic E-state index is 14.1. The first-order chi connectivity index (χ1) is 15.6. The Labute approximate surface area is 189 Å². The number of nitrogens with one attached hydrogen (secondary N) is 2. The molecule has 0 spiro atoms. The van der Waals surface area contributed by atoms with Crippen LogP contribution in [0.25, 0.3) is 0 Å². The molecule has 2 unspecified atom stereocenters. The molecule has 5 nitrogen and oxygen atoms in total. The molecule has 2 saturated heterocycles. The lowest BCUT2D eigenvalue weighted by Gasteiger charge is -2.22. The number of likely N-dealkylation sites (tertiary alicyclic amines) is 1. The molecular weight excluding hydrogens is 408 g/mol. The number of rotatable bonds is 7. The third-order valence-corrected chi connectivity index (χ3v) is 6.49. The summed E-state index contributed by atoms with van der Waals surface area (Å²) in [7, 11) is 1.76. The highest BCUT2D eigenvalue weighted by molar-refractivity contribution is 5.80. The van der Waals surface area contributed by atoms with E-state index in [-0.39, 0.29) is 11.7 Å². The van der Waals surface area contributed by atoms with Gasteiger partial charge in [0.15, 0.2) is 5.96 Å². The second-order valence-corrected chi connectivity index (χ2v) is 8.79. The normalized spacial score (nSPS) is 21.8. The smallest absolute Gasteiger partial charge is 0.191 e. The van der Waals surface area contributed by atoms with Crippen molar-refractivity contribution in [3.05, 3.63) is 65.7 Å². The molecule has 172 valence electrons. The Morgan fingerprint density at radius 1 is 1.00 bits per heavy atom. The van der Waals surface area contributed by atoms with Crippen molar-refractivity contribution in [3.63, 3.8) is 0 Å². The van der Waals surface area contributed by atoms with Crippen molar-refractivity contribution < 1.29 is 8.78 Å². The maximum Gasteiger partial charge on any atom is 0.191 e. The van der Waals surface area contributed by atoms with Crippen LogP contribution >= 0.6 is 0 Å². The first-order valence-electron chi connectivity index (χ1n) is 11.5. The molecule has 0 radical (unpaired) electrons. The van der Waals surface area contributed by atoms with Crippen LogP contribution in [0.3, 0.4) is 0 Å². The third-order valence-electron chi connectivity index (χ3n) is 6.49. The molecule has 0 bridgehead atoms. The van der Waals surface area contributed by atoms with Crippen LogP contribution in [-0.4, -0.2) is 63.2 Å². The zero-order valence-corrected chi connectivity index (χ0v) is 18.7. The van der Waals surface area contributed by atoms with E-state index < -0.39 is 11.6 Å². The van der Waals surface area contributed by atoms with Crippen molar-refractivity contribution in [2.24, 2.45) is 10.9 Å². The second-order valence-electron chi connectivity index (χ2n) is 8.79. The van der Waals surface area contributed by atoms with E-state index in [4.69, 9.17) is 0 Å². The molecule has 2 aromatic rings. The average molecular weight is 442 g/mol. The van der Waals surface area contributed by atoms with Gasteiger partial charge in [0.05, 0.1) is 0 Å². The molecular formula is C25H33F2N5. The van der Waals surface area contributed by atoms with Crippen molar-refractivity contribution in [3.8, 4) is 0 Å². The summed E-state index contributed by atoms with van der Waals surface area (Å²) in [6.07, 6.45) is 3.08. The summed E-state index contributed by atoms with van der Waals surface area (Å²) in [6.45, 7) is 5.37. The van der Waals surface area contributed by atoms with Crippen molar-refractivity contribution in [2.75, 3.05) is 51.2 Å². The molecule has 32 heavy (non-hydrogen) atoms. The molecule has 2 N–H and O–H groups in total. The summed E-state index contributed by atoms with van der Waals surface area (Å²) in [4.78, 5) is 8.66. The Kier molecular flexibility index (Phi) is 7.58. The first-order valence-corrected chi connectivity index (χ1v) is 11.5. The van der Waals surface area contributed by atoms with Crippen LogP contribution in [0.4, 0.5) is 14.5 Å². The predicted molar refractivity (Wildman–Crippen MR) is 126 cm³/mol. The molecule has 2 heterocycles. The lowest BCUT2D eigenvalue weighted by molar-refractivity contribution is 0.328. The minimum absolute atomic E-state index is 0.0706. The van der Waals surface area contributed by atoms with Crippen LogP contribution in [0.1, 0.15) is 18.4 Å². The summed E-state index contributed by atoms with van der Waals surface area (Å²) < 4.78 is 28.2. The topological polar surface area (TPSA) is 42.9 Å². The third kappa shape index (κ3) is 5.76. The lowest BCUT2D eigenvalue weighted by Crippen LogP contribution is -2.46. The molecule has 0 saturated carbocycles. The SMILES string of the molecule is CN=C(NCC1CCN(CCc2ccccc2)C1)NC1CCN(c2c(F)cccc2F)C1. The Morgan fingerprint density at radius 2 is 1.78 bits per heavy atom. The zero-order chi connectivity index (χ0) is 22.3. The van der Waals surface area contributed by atoms with Crippen LogP contribution < -0.4 is 15.5 Å². The van der Waals surface area contributed by atoms with Crippen LogP contribution in [0.5, 0.6) is 0 Å². The number of guanidine groups is 1. The molecule has 2 aliphatic heterocycles. The fraction of sp³-hybridized carbons (Fsp3) is 0.480. The lowest BCUT2D eigenvalue weighted by atomic mass is 10.1. The fourth-order valence-corrected chi connectivity index (χ4v) is 4.72. The fourth-order valence-electron chi connectivity index (χ4n) is 4.72. The van der Waals surface area contributed by atoms with Gasteiger partial charge >= 0.3 is 0 Å². The predicted octanol–water partition coefficient (Wildman–Crippen LogP) is 3.27. The van der Waals surface area contributed by atoms with Gasteiger partial charge in [0.1, 0.15) is 17.3 Å². The van der Waals surface area contributed by atoms with Crippen LogP contribution in [-0.2, 0) is 6.42 Å². The number of halogens is 2. The molecule has 2 fully saturated rings. The van der Waals surface area contributed by atoms with Gasteiger partial charge in [-0.2, -0.15) is 0 Å². The molecule has 4 rings (SSSR count). The highest BCUT2D eigenvalue weighted by Crippen LogP contribution is 2.26. The van der Waals surface area contributed by atoms with Gasteiger partial charge < -0.3 is 20.4 Å². The first kappa shape index (κ1) is 22.5. The van der Waals surface area contributed by atoms with E-state index in [0.717, 1.165) is 45.0 Å². The van der Waals surface area contributed by atoms with E-state index in [2.05, 4.69) is 50.9 Å². The van der Waals surface area contributed by atoms with E-state index in [0.29, 0.717) is 19.0 Å². The van der Waals surface area contributed by atoms with E-state index in [1.54, 1.807) is 11.9 Å². The number of nitrogens with zero attached hydrogens (tertiary/aromatic N) is 3. The standard InChI is InChI=1S/C25H33F2N5/c1-28-25(30-21-12-15-32(18-21)24-22(26)8-5-9-23(24)27)29-16-20-11-14-31(17-20)13-10-19-6-3-2-4-7-19/h2-9,20-21H,10-18H2,1H3,(H2,28,29,30). The molecule has 2 atom stereocenters. The largest absolute Gasteiger partial charge is 0.365 e. The van der Waals surface area contributed by atoms with Gasteiger partial charge in [0.2, 0.25) is 0 Å². The van der Waals surface area contributed by atoms with E-state index in [9.17, 15) is 8.78 Å². The quantitative estimate of drug-likeness (QED) is 0.511. The molecule has 0 aromatic heterocycles. The molecule has 2 aliphatic rings. The van der Waals surface area contributed by atoms with Gasteiger partial charge in [-0.3, -0.25) is 4.99 Å². The monoisotopic (exact) mass is 441 g/mol. The minimum Gasteiger partial charge on any atom is -0.365 e. The average Bonchev–Trinajstić information content (AvgIpc) is 3.45. The number of hydrogen-bond donors (Lipinski definition) is 2. The highest BCUT2D eigenvalue weighted by Gasteiger charge is 2.28. The molecule has 7 heteroatoms. The van der Waals surface area contributed by atoms with Crippen LogP contribution in [0.2, 0.25) is 0 Å². The summed E-state index contributed by atoms with van der Waals surface area (Å²) in [5.74, 6) is 0.336. The summed E-state index contributed by atoms with van der Waals surface area (Å²) in [5.41, 5.74) is 1.46. The van der Waals surface area contributed by atoms with Gasteiger partial charge in [0, 0.05) is 45.8 Å². The Bertz CT molecular complexity index is 884. The van der Waals surface area contributed by atoms with E-state index >= 15 is 0 Å². The van der Waals surface area contributed by atoms with Gasteiger partial charge in [-0.15, -0.1) is 0 Å². The Balaban J connectivity index is 1.20. The second kappa shape index (κ2) is 10.8. The molecule has 0 amide bonds. The van der Waals surface area contributed by atoms with Crippen molar-refractivity contribution in [1.82, 2.24) is 15.5 Å². The van der Waals surface area contributed by atoms with E-state index in [1.807, 2.05) is 0 Å². The summed E-state index contributed by atoms with van der Waals surface area (Å²) >= 11 is 0. The summed E-state index contributed by atoms with van der Waals surface area (Å²) in [5, 5.41) is 6.88. The van der Waals surface area contributed by atoms with Gasteiger partial charge in [-0.05, 0) is 49.4 Å². The number of aliphatic imine (C=N–C) groups is 1. The number of hydrogen-bond acceptors (Lipinski definition) is 3. The zero-order valence-electron chi connectivity index (χ0n) is 18.7. The highest BCUT2D eigenvalue weighted by atomic mass is 19.1. The molecule has 2 aromatic carbocycles. The number of para-hydroxylation sites is 1. The van der Waals surface area contributed by atoms with Gasteiger partial charge in [-0.25, -0.2) is 8.78 Å². The minimum atomic E-state index is -0.508. The van der Waals surface area contributed by atoms with Crippen LogP contribution in [0, 0.1) is 17.6 Å². The maximum absolute atomic E-state index is 14.1. The number of benzene rings is 2. The molecule has 0 aliphatic carbocycles. The number of anilines is 1. The Morgan fingerprint density at radius 3 is 2.53 bits per heavy atom. The van der Waals surface area contributed by atoms with E-state index in [1.165, 1.54) is 30.2 Å². The Hall–Kier alpha value is -2.67. The summed E-state index contributed by atoms with van der Waals surface area (Å²) in [6, 6.07) is 14.8. The van der Waals surface area contributed by atoms with Crippen molar-refractivity contribution >= 4 is 11.6 Å². The van der Waals surface area contributed by atoms with Crippen LogP contribution in [0.15, 0.2) is 53.5 Å². The van der Waals surface area contributed by atoms with Gasteiger partial charge in [0.25, 0.3) is 0 Å².